The molecule has 3 N–H and O–H groups in total. The van der Waals surface area contributed by atoms with Crippen LogP contribution < -0.4 is 16.0 Å². The van der Waals surface area contributed by atoms with Crippen LogP contribution in [-0.4, -0.2) is 19.5 Å². The number of nitrogens with zero attached hydrogens (tertiary/aromatic N) is 1. The summed E-state index contributed by atoms with van der Waals surface area (Å²) in [7, 11) is 1.84. The van der Waals surface area contributed by atoms with E-state index in [1.54, 1.807) is 24.3 Å². The first-order valence-electron chi connectivity index (χ1n) is 6.17. The first kappa shape index (κ1) is 14.2. The van der Waals surface area contributed by atoms with Crippen molar-refractivity contribution in [2.45, 2.75) is 0 Å². The third kappa shape index (κ3) is 3.90. The van der Waals surface area contributed by atoms with Crippen molar-refractivity contribution in [1.82, 2.24) is 0 Å². The molecule has 20 heavy (non-hydrogen) atoms. The maximum Gasteiger partial charge on any atom is 0.243 e. The third-order valence-corrected chi connectivity index (χ3v) is 3.04. The van der Waals surface area contributed by atoms with E-state index in [0.717, 1.165) is 5.69 Å². The molecule has 4 nitrogen and oxygen atoms in total. The van der Waals surface area contributed by atoms with E-state index in [9.17, 15) is 4.79 Å². The van der Waals surface area contributed by atoms with E-state index in [1.807, 2.05) is 36.2 Å². The number of rotatable bonds is 4. The van der Waals surface area contributed by atoms with Gasteiger partial charge in [0.1, 0.15) is 0 Å². The predicted molar refractivity (Wildman–Crippen MR) is 84.2 cm³/mol. The largest absolute Gasteiger partial charge is 0.399 e. The van der Waals surface area contributed by atoms with Crippen LogP contribution in [0.15, 0.2) is 48.5 Å². The minimum Gasteiger partial charge on any atom is -0.399 e. The summed E-state index contributed by atoms with van der Waals surface area (Å²) in [5.74, 6) is -0.114. The zero-order chi connectivity index (χ0) is 14.5. The Labute approximate surface area is 123 Å². The van der Waals surface area contributed by atoms with Gasteiger partial charge in [0.15, 0.2) is 0 Å². The normalized spacial score (nSPS) is 10.1. The fourth-order valence-corrected chi connectivity index (χ4v) is 2.03. The van der Waals surface area contributed by atoms with Gasteiger partial charge in [0.05, 0.1) is 6.54 Å². The van der Waals surface area contributed by atoms with Gasteiger partial charge < -0.3 is 16.0 Å². The molecule has 0 aromatic heterocycles. The highest BCUT2D eigenvalue weighted by molar-refractivity contribution is 6.30. The van der Waals surface area contributed by atoms with Gasteiger partial charge in [0.25, 0.3) is 0 Å². The van der Waals surface area contributed by atoms with Gasteiger partial charge in [0.2, 0.25) is 5.91 Å². The number of nitrogens with one attached hydrogen (secondary N) is 1. The van der Waals surface area contributed by atoms with E-state index in [-0.39, 0.29) is 12.5 Å². The van der Waals surface area contributed by atoms with Gasteiger partial charge in [-0.2, -0.15) is 0 Å². The zero-order valence-electron chi connectivity index (χ0n) is 11.1. The molecular formula is C15H16ClN3O. The lowest BCUT2D eigenvalue weighted by Gasteiger charge is -2.19. The minimum absolute atomic E-state index is 0.114. The number of nitrogen functional groups attached to an aromatic ring is 1. The lowest BCUT2D eigenvalue weighted by molar-refractivity contribution is -0.114. The van der Waals surface area contributed by atoms with Crippen molar-refractivity contribution in [3.8, 4) is 0 Å². The number of nitrogens with two attached hydrogens (primary N) is 1. The standard InChI is InChI=1S/C15H16ClN3O/c1-19(14-7-3-5-12(17)9-14)10-15(20)18-13-6-2-4-11(16)8-13/h2-9H,10,17H2,1H3,(H,18,20). The van der Waals surface area contributed by atoms with Crippen LogP contribution in [-0.2, 0) is 4.79 Å². The smallest absolute Gasteiger partial charge is 0.243 e. The molecule has 2 rings (SSSR count). The van der Waals surface area contributed by atoms with Gasteiger partial charge in [-0.05, 0) is 36.4 Å². The Morgan fingerprint density at radius 3 is 2.70 bits per heavy atom. The van der Waals surface area contributed by atoms with E-state index < -0.39 is 0 Å². The van der Waals surface area contributed by atoms with Gasteiger partial charge in [0, 0.05) is 29.1 Å². The Morgan fingerprint density at radius 2 is 2.00 bits per heavy atom. The van der Waals surface area contributed by atoms with Crippen molar-refractivity contribution in [2.75, 3.05) is 29.5 Å². The first-order chi connectivity index (χ1) is 9.54. The molecule has 0 fully saturated rings. The van der Waals surface area contributed by atoms with Crippen molar-refractivity contribution in [3.63, 3.8) is 0 Å². The van der Waals surface area contributed by atoms with Crippen molar-refractivity contribution < 1.29 is 4.79 Å². The molecule has 2 aromatic carbocycles. The Bertz CT molecular complexity index is 616. The van der Waals surface area contributed by atoms with E-state index in [4.69, 9.17) is 17.3 Å². The molecule has 0 atom stereocenters. The predicted octanol–water partition coefficient (Wildman–Crippen LogP) is 3.00. The summed E-state index contributed by atoms with van der Waals surface area (Å²) in [4.78, 5) is 13.8. The topological polar surface area (TPSA) is 58.4 Å². The molecule has 0 heterocycles. The van der Waals surface area contributed by atoms with Gasteiger partial charge >= 0.3 is 0 Å². The fraction of sp³-hybridized carbons (Fsp3) is 0.133. The molecule has 0 saturated heterocycles. The summed E-state index contributed by atoms with van der Waals surface area (Å²) >= 11 is 5.87. The highest BCUT2D eigenvalue weighted by Gasteiger charge is 2.08. The number of hydrogen-bond acceptors (Lipinski definition) is 3. The van der Waals surface area contributed by atoms with Crippen molar-refractivity contribution in [1.29, 1.82) is 0 Å². The number of carbonyl (C=O) groups is 1. The summed E-state index contributed by atoms with van der Waals surface area (Å²) in [5.41, 5.74) is 7.97. The van der Waals surface area contributed by atoms with Crippen molar-refractivity contribution >= 4 is 34.6 Å². The molecule has 0 unspecified atom stereocenters. The second kappa shape index (κ2) is 6.30. The molecule has 0 aliphatic carbocycles. The maximum absolute atomic E-state index is 12.0. The number of anilines is 3. The average molecular weight is 290 g/mol. The van der Waals surface area contributed by atoms with E-state index >= 15 is 0 Å². The molecule has 5 heteroatoms. The maximum atomic E-state index is 12.0. The molecule has 0 radical (unpaired) electrons. The van der Waals surface area contributed by atoms with Crippen LogP contribution in [0.25, 0.3) is 0 Å². The molecule has 0 spiro atoms. The molecule has 0 bridgehead atoms. The number of hydrogen-bond donors (Lipinski definition) is 2. The summed E-state index contributed by atoms with van der Waals surface area (Å²) in [6.07, 6.45) is 0. The molecular weight excluding hydrogens is 274 g/mol. The molecule has 0 saturated carbocycles. The SMILES string of the molecule is CN(CC(=O)Nc1cccc(Cl)c1)c1cccc(N)c1. The molecule has 0 aliphatic heterocycles. The number of likely N-dealkylation sites (N-methyl/N-ethyl adjacent to an activating group) is 1. The zero-order valence-corrected chi connectivity index (χ0v) is 11.9. The van der Waals surface area contributed by atoms with Gasteiger partial charge in [-0.25, -0.2) is 0 Å². The van der Waals surface area contributed by atoms with Gasteiger partial charge in [-0.15, -0.1) is 0 Å². The third-order valence-electron chi connectivity index (χ3n) is 2.80. The summed E-state index contributed by atoms with van der Waals surface area (Å²) in [5, 5.41) is 3.39. The highest BCUT2D eigenvalue weighted by Crippen LogP contribution is 2.17. The molecule has 104 valence electrons. The second-order valence-corrected chi connectivity index (χ2v) is 4.95. The monoisotopic (exact) mass is 289 g/mol. The quantitative estimate of drug-likeness (QED) is 0.851. The number of amides is 1. The van der Waals surface area contributed by atoms with Gasteiger partial charge in [-0.3, -0.25) is 4.79 Å². The number of halogens is 1. The summed E-state index contributed by atoms with van der Waals surface area (Å²) < 4.78 is 0. The van der Waals surface area contributed by atoms with Crippen LogP contribution >= 0.6 is 11.6 Å². The number of benzene rings is 2. The van der Waals surface area contributed by atoms with E-state index in [0.29, 0.717) is 16.4 Å². The van der Waals surface area contributed by atoms with Crippen LogP contribution in [0.3, 0.4) is 0 Å². The Balaban J connectivity index is 1.97. The first-order valence-corrected chi connectivity index (χ1v) is 6.54. The Morgan fingerprint density at radius 1 is 1.25 bits per heavy atom. The van der Waals surface area contributed by atoms with Crippen LogP contribution in [0.5, 0.6) is 0 Å². The van der Waals surface area contributed by atoms with Gasteiger partial charge in [-0.1, -0.05) is 23.7 Å². The highest BCUT2D eigenvalue weighted by atomic mass is 35.5. The average Bonchev–Trinajstić information content (AvgIpc) is 2.38. The fourth-order valence-electron chi connectivity index (χ4n) is 1.84. The van der Waals surface area contributed by atoms with Crippen LogP contribution in [0.1, 0.15) is 0 Å². The Kier molecular flexibility index (Phi) is 4.48. The minimum atomic E-state index is -0.114. The summed E-state index contributed by atoms with van der Waals surface area (Å²) in [6, 6.07) is 14.5. The lowest BCUT2D eigenvalue weighted by atomic mass is 10.2. The number of carbonyl (C=O) groups excluding carboxylic acids is 1. The van der Waals surface area contributed by atoms with Crippen LogP contribution in [0, 0.1) is 0 Å². The summed E-state index contributed by atoms with van der Waals surface area (Å²) in [6.45, 7) is 0.232. The van der Waals surface area contributed by atoms with Crippen LogP contribution in [0.4, 0.5) is 17.1 Å². The molecule has 0 aliphatic rings. The van der Waals surface area contributed by atoms with Crippen molar-refractivity contribution in [3.05, 3.63) is 53.6 Å². The van der Waals surface area contributed by atoms with E-state index in [1.165, 1.54) is 0 Å². The van der Waals surface area contributed by atoms with Crippen molar-refractivity contribution in [2.24, 2.45) is 0 Å². The van der Waals surface area contributed by atoms with E-state index in [2.05, 4.69) is 5.32 Å². The van der Waals surface area contributed by atoms with Crippen LogP contribution in [0.2, 0.25) is 5.02 Å². The Hall–Kier alpha value is -2.20. The lowest BCUT2D eigenvalue weighted by Crippen LogP contribution is -2.30. The molecule has 1 amide bonds. The second-order valence-electron chi connectivity index (χ2n) is 4.51. The molecule has 2 aromatic rings.